The first-order valence-electron chi connectivity index (χ1n) is 50.7. The van der Waals surface area contributed by atoms with Crippen molar-refractivity contribution in [1.82, 2.24) is 19.6 Å². The smallest absolute Gasteiger partial charge is 0.116 e. The molecule has 0 atom stereocenters. The number of allylic oxidation sites excluding steroid dienone is 4. The zero-order valence-electron chi connectivity index (χ0n) is 80.6. The molecule has 4 heterocycles. The van der Waals surface area contributed by atoms with Crippen LogP contribution in [-0.4, -0.2) is 163 Å². The number of hydrogen-bond acceptors (Lipinski definition) is 12. The van der Waals surface area contributed by atoms with Crippen LogP contribution in [-0.2, 0) is 0 Å². The van der Waals surface area contributed by atoms with E-state index in [0.717, 1.165) is 108 Å². The second kappa shape index (κ2) is 50.0. The van der Waals surface area contributed by atoms with Crippen molar-refractivity contribution in [2.75, 3.05) is 78.8 Å². The van der Waals surface area contributed by atoms with Crippen molar-refractivity contribution in [3.8, 4) is 23.0 Å². The fourth-order valence-electron chi connectivity index (χ4n) is 21.2. The summed E-state index contributed by atoms with van der Waals surface area (Å²) in [7, 11) is 0. The molecule has 136 heavy (non-hydrogen) atoms. The number of phenolic OH excluding ortho intramolecular Hbond substituents is 4. The second-order valence-corrected chi connectivity index (χ2v) is 38.8. The molecule has 0 radical (unpaired) electrons. The molecule has 2 aliphatic carbocycles. The summed E-state index contributed by atoms with van der Waals surface area (Å²) in [6, 6.07) is 111. The number of aromatic hydroxyl groups is 4. The maximum Gasteiger partial charge on any atom is 0.116 e. The van der Waals surface area contributed by atoms with Crippen LogP contribution in [0.4, 0.5) is 0 Å². The van der Waals surface area contributed by atoms with Crippen LogP contribution >= 0.6 is 0 Å². The summed E-state index contributed by atoms with van der Waals surface area (Å²) in [5.74, 6) is 3.43. The van der Waals surface area contributed by atoms with Crippen molar-refractivity contribution < 1.29 is 40.9 Å². The van der Waals surface area contributed by atoms with Gasteiger partial charge in [-0.05, 0) is 414 Å². The van der Waals surface area contributed by atoms with Crippen molar-refractivity contribution in [1.29, 1.82) is 0 Å². The molecule has 4 saturated heterocycles. The van der Waals surface area contributed by atoms with Crippen LogP contribution in [0.25, 0.3) is 44.6 Å². The highest BCUT2D eigenvalue weighted by Crippen LogP contribution is 2.46. The molecule has 708 valence electrons. The number of hydrogen-bond donors (Lipinski definition) is 8. The number of benzene rings is 12. The third-order valence-electron chi connectivity index (χ3n) is 28.9. The fourth-order valence-corrected chi connectivity index (χ4v) is 21.2. The van der Waals surface area contributed by atoms with Gasteiger partial charge in [-0.25, -0.2) is 0 Å². The van der Waals surface area contributed by atoms with Gasteiger partial charge < -0.3 is 60.5 Å². The van der Waals surface area contributed by atoms with Crippen LogP contribution in [0.3, 0.4) is 0 Å². The van der Waals surface area contributed by atoms with Gasteiger partial charge in [-0.15, -0.1) is 0 Å². The molecule has 12 nitrogen and oxygen atoms in total. The number of piperidine rings is 4. The van der Waals surface area contributed by atoms with Gasteiger partial charge in [-0.1, -0.05) is 267 Å². The zero-order valence-corrected chi connectivity index (χ0v) is 80.6. The monoisotopic (exact) mass is 1820 g/mol. The number of aliphatic hydroxyl groups is 4. The number of likely N-dealkylation sites (tertiary alicyclic amines) is 4. The molecule has 6 fully saturated rings. The van der Waals surface area contributed by atoms with Crippen molar-refractivity contribution in [3.05, 3.63) is 404 Å². The largest absolute Gasteiger partial charge is 0.508 e. The minimum atomic E-state index is 0.151. The Labute approximate surface area is 810 Å². The standard InChI is InChI=1S/2C31H35NO2.2C31H37NO2/c33-20-6-13-30(24-7-2-1-3-8-24)31(27-11-5-12-29(34)22-27)26-10-4-9-25(21-26)23-16-18-32(19-17-23)28-14-15-28;33-21-5-10-30(24-6-2-1-3-7-24)31(25-11-15-29(34)16-12-25)27-9-4-8-26(22-27)23-17-19-32(20-18-23)28-13-14-28;1-23(2)32-18-16-24(17-19-32)26-11-6-12-27(21-26)31(28-13-7-14-29(34)22-28)30(15-8-20-33)25-9-4-3-5-10-25;1-23(2)32-19-17-24(18-20-32)27-10-6-11-28(22-27)31(26-13-15-29(34)16-14-26)30(12-7-21-33)25-8-4-3-5-9-25/h1-5,7-12,21-23,28,33-34H,6,13-20H2;1-4,6-9,11-12,15-16,22-23,28,33-34H,5,10,13-14,17-21H2;3-7,9-14,21-24,33-34H,8,15-20H2,1-2H3;3-6,8-11,13-16,22-24,33-34H,7,12,17-21H2,1-2H3/b31-30+;31-30-;31-30+;31-30-. The molecule has 0 spiro atoms. The van der Waals surface area contributed by atoms with Crippen molar-refractivity contribution in [2.24, 2.45) is 0 Å². The topological polar surface area (TPSA) is 175 Å². The summed E-state index contributed by atoms with van der Waals surface area (Å²) in [6.45, 7) is 19.2. The van der Waals surface area contributed by atoms with E-state index in [2.05, 4.69) is 254 Å². The third kappa shape index (κ3) is 27.1. The highest BCUT2D eigenvalue weighted by atomic mass is 16.3. The van der Waals surface area contributed by atoms with Crippen molar-refractivity contribution in [2.45, 2.75) is 204 Å². The Kier molecular flexibility index (Phi) is 36.4. The van der Waals surface area contributed by atoms with Crippen LogP contribution in [0, 0.1) is 0 Å². The lowest BCUT2D eigenvalue weighted by Gasteiger charge is -2.35. The Morgan fingerprint density at radius 2 is 0.449 bits per heavy atom. The van der Waals surface area contributed by atoms with Gasteiger partial charge in [0.2, 0.25) is 0 Å². The summed E-state index contributed by atoms with van der Waals surface area (Å²) in [5, 5.41) is 79.0. The molecule has 12 aromatic rings. The molecule has 8 N–H and O–H groups in total. The Morgan fingerprint density at radius 3 is 0.676 bits per heavy atom. The summed E-state index contributed by atoms with van der Waals surface area (Å²) >= 11 is 0. The predicted molar refractivity (Wildman–Crippen MR) is 563 cm³/mol. The maximum absolute atomic E-state index is 10.3. The Hall–Kier alpha value is -11.5. The lowest BCUT2D eigenvalue weighted by Crippen LogP contribution is -2.37. The second-order valence-electron chi connectivity index (χ2n) is 38.8. The molecule has 12 heteroatoms. The van der Waals surface area contributed by atoms with Crippen molar-refractivity contribution in [3.63, 3.8) is 0 Å². The Bertz CT molecular complexity index is 5500. The van der Waals surface area contributed by atoms with Gasteiger partial charge in [0.25, 0.3) is 0 Å². The van der Waals surface area contributed by atoms with Gasteiger partial charge in [-0.2, -0.15) is 0 Å². The van der Waals surface area contributed by atoms with Gasteiger partial charge in [0.1, 0.15) is 23.0 Å². The lowest BCUT2D eigenvalue weighted by molar-refractivity contribution is 0.172. The molecule has 0 bridgehead atoms. The molecular formula is C124H144N4O8. The zero-order chi connectivity index (χ0) is 94.5. The van der Waals surface area contributed by atoms with E-state index < -0.39 is 0 Å². The summed E-state index contributed by atoms with van der Waals surface area (Å²) in [5.41, 5.74) is 28.8. The van der Waals surface area contributed by atoms with E-state index in [1.165, 1.54) is 192 Å². The molecule has 6 aliphatic rings. The number of phenols is 4. The van der Waals surface area contributed by atoms with E-state index in [1.807, 2.05) is 72.8 Å². The first-order valence-corrected chi connectivity index (χ1v) is 50.7. The number of rotatable bonds is 32. The van der Waals surface area contributed by atoms with E-state index in [1.54, 1.807) is 36.4 Å². The number of aliphatic hydroxyl groups excluding tert-OH is 4. The molecular weight excluding hydrogens is 1670 g/mol. The van der Waals surface area contributed by atoms with Crippen LogP contribution < -0.4 is 0 Å². The lowest BCUT2D eigenvalue weighted by atomic mass is 9.83. The van der Waals surface area contributed by atoms with E-state index in [-0.39, 0.29) is 49.4 Å². The Balaban J connectivity index is 0.000000138. The summed E-state index contributed by atoms with van der Waals surface area (Å²) < 4.78 is 0. The van der Waals surface area contributed by atoms with Crippen LogP contribution in [0.2, 0.25) is 0 Å². The summed E-state index contributed by atoms with van der Waals surface area (Å²) in [4.78, 5) is 10.5. The van der Waals surface area contributed by atoms with E-state index >= 15 is 0 Å². The maximum atomic E-state index is 10.3. The molecule has 4 aliphatic heterocycles. The molecule has 0 amide bonds. The number of nitrogens with zero attached hydrogens (tertiary/aromatic N) is 4. The predicted octanol–water partition coefficient (Wildman–Crippen LogP) is 26.4. The SMILES string of the molecule is CC(C)N1CCC(c2cccc(/C(=C(/CCCO)c3ccccc3)c3ccc(O)cc3)c2)CC1.CC(C)N1CCC(c2cccc(/C(=C(/CCCO)c3ccccc3)c3cccc(O)c3)c2)CC1.OCCC/C(=C(\c1ccc(O)cc1)c1cccc(C2CCN(C3CC3)CC2)c1)c1ccccc1.OCCC/C(=C(\c1cccc(O)c1)c1cccc(C2CCN(C3CC3)CC2)c1)c1ccccc1. The van der Waals surface area contributed by atoms with Gasteiger partial charge in [-0.3, -0.25) is 0 Å². The highest BCUT2D eigenvalue weighted by molar-refractivity contribution is 6.02. The average Bonchev–Trinajstić information content (AvgIpc) is 1.52. The highest BCUT2D eigenvalue weighted by Gasteiger charge is 2.35. The van der Waals surface area contributed by atoms with Crippen LogP contribution in [0.15, 0.2) is 315 Å². The van der Waals surface area contributed by atoms with Crippen LogP contribution in [0.5, 0.6) is 23.0 Å². The minimum Gasteiger partial charge on any atom is -0.508 e. The van der Waals surface area contributed by atoms with E-state index in [0.29, 0.717) is 61.4 Å². The third-order valence-corrected chi connectivity index (χ3v) is 28.9. The normalized spacial score (nSPS) is 17.0. The van der Waals surface area contributed by atoms with Gasteiger partial charge in [0.15, 0.2) is 0 Å². The van der Waals surface area contributed by atoms with Gasteiger partial charge in [0.05, 0.1) is 0 Å². The van der Waals surface area contributed by atoms with Gasteiger partial charge >= 0.3 is 0 Å². The van der Waals surface area contributed by atoms with Gasteiger partial charge in [0, 0.05) is 50.6 Å². The first-order chi connectivity index (χ1) is 66.6. The van der Waals surface area contributed by atoms with Crippen molar-refractivity contribution >= 4 is 44.6 Å². The molecule has 18 rings (SSSR count). The van der Waals surface area contributed by atoms with E-state index in [4.69, 9.17) is 0 Å². The molecule has 0 unspecified atom stereocenters. The molecule has 0 aromatic heterocycles. The molecule has 12 aromatic carbocycles. The Morgan fingerprint density at radius 1 is 0.228 bits per heavy atom. The molecule has 2 saturated carbocycles. The minimum absolute atomic E-state index is 0.151. The summed E-state index contributed by atoms with van der Waals surface area (Å²) in [6.07, 6.45) is 21.1. The fraction of sp³-hybridized carbons (Fsp3) is 0.355. The first kappa shape index (κ1) is 99.0. The quantitative estimate of drug-likeness (QED) is 0.0188. The van der Waals surface area contributed by atoms with Crippen LogP contribution in [0.1, 0.15) is 269 Å². The van der Waals surface area contributed by atoms with E-state index in [9.17, 15) is 40.9 Å². The average molecular weight is 1820 g/mol.